The first-order valence-electron chi connectivity index (χ1n) is 8.90. The molecule has 0 spiro atoms. The fourth-order valence-electron chi connectivity index (χ4n) is 3.91. The molecule has 0 bridgehead atoms. The van der Waals surface area contributed by atoms with Gasteiger partial charge in [0.2, 0.25) is 5.88 Å². The van der Waals surface area contributed by atoms with Crippen LogP contribution in [0.3, 0.4) is 0 Å². The van der Waals surface area contributed by atoms with Crippen LogP contribution in [0.2, 0.25) is 0 Å². The molecule has 2 heterocycles. The molecule has 0 saturated carbocycles. The molecule has 0 fully saturated rings. The van der Waals surface area contributed by atoms with Crippen LogP contribution in [0, 0.1) is 0 Å². The second kappa shape index (κ2) is 6.87. The van der Waals surface area contributed by atoms with Gasteiger partial charge in [-0.15, -0.1) is 0 Å². The summed E-state index contributed by atoms with van der Waals surface area (Å²) < 4.78 is 5.08. The van der Waals surface area contributed by atoms with Crippen LogP contribution in [0.25, 0.3) is 0 Å². The zero-order chi connectivity index (χ0) is 18.0. The van der Waals surface area contributed by atoms with E-state index in [9.17, 15) is 0 Å². The van der Waals surface area contributed by atoms with Crippen LogP contribution in [0.4, 0.5) is 11.4 Å². The van der Waals surface area contributed by atoms with Crippen LogP contribution < -0.4 is 9.64 Å². The highest BCUT2D eigenvalue weighted by Gasteiger charge is 2.35. The van der Waals surface area contributed by atoms with Crippen molar-refractivity contribution >= 4 is 17.6 Å². The van der Waals surface area contributed by atoms with Crippen molar-refractivity contribution in [3.05, 3.63) is 47.7 Å². The minimum Gasteiger partial charge on any atom is -0.481 e. The molecule has 2 aromatic rings. The summed E-state index contributed by atoms with van der Waals surface area (Å²) in [6.07, 6.45) is 4.79. The summed E-state index contributed by atoms with van der Waals surface area (Å²) in [5, 5.41) is 0. The summed E-state index contributed by atoms with van der Waals surface area (Å²) in [6.45, 7) is 10.2. The number of hydrogen-bond donors (Lipinski definition) is 0. The second-order valence-corrected chi connectivity index (χ2v) is 7.30. The van der Waals surface area contributed by atoms with E-state index in [1.807, 2.05) is 18.3 Å². The number of hydrogen-bond acceptors (Lipinski definition) is 4. The van der Waals surface area contributed by atoms with Crippen molar-refractivity contribution in [3.8, 4) is 5.88 Å². The number of benzene rings is 1. The van der Waals surface area contributed by atoms with Crippen LogP contribution in [0.15, 0.2) is 41.5 Å². The number of aromatic nitrogens is 1. The Hall–Kier alpha value is -2.36. The number of pyridine rings is 1. The highest BCUT2D eigenvalue weighted by Crippen LogP contribution is 2.43. The number of aliphatic imine (C=N–C) groups is 1. The average Bonchev–Trinajstić information content (AvgIpc) is 2.60. The number of rotatable bonds is 4. The Bertz CT molecular complexity index is 765. The van der Waals surface area contributed by atoms with E-state index in [0.717, 1.165) is 24.2 Å². The highest BCUT2D eigenvalue weighted by molar-refractivity contribution is 5.83. The van der Waals surface area contributed by atoms with Gasteiger partial charge < -0.3 is 9.64 Å². The molecule has 1 aliphatic heterocycles. The minimum absolute atomic E-state index is 0.200. The van der Waals surface area contributed by atoms with Crippen LogP contribution in [-0.4, -0.2) is 30.4 Å². The lowest BCUT2D eigenvalue weighted by atomic mass is 9.79. The van der Waals surface area contributed by atoms with E-state index in [2.05, 4.69) is 60.8 Å². The predicted octanol–water partition coefficient (Wildman–Crippen LogP) is 4.95. The monoisotopic (exact) mass is 337 g/mol. The van der Waals surface area contributed by atoms with Crippen LogP contribution in [0.5, 0.6) is 5.88 Å². The molecule has 0 saturated heterocycles. The van der Waals surface area contributed by atoms with Gasteiger partial charge in [0.05, 0.1) is 19.0 Å². The first-order chi connectivity index (χ1) is 11.9. The largest absolute Gasteiger partial charge is 0.481 e. The molecule has 1 aliphatic rings. The maximum atomic E-state index is 5.08. The smallest absolute Gasteiger partial charge is 0.213 e. The van der Waals surface area contributed by atoms with Gasteiger partial charge in [0.25, 0.3) is 0 Å². The van der Waals surface area contributed by atoms with Gasteiger partial charge in [0, 0.05) is 30.1 Å². The van der Waals surface area contributed by atoms with Gasteiger partial charge in [-0.3, -0.25) is 4.99 Å². The Morgan fingerprint density at radius 2 is 2.12 bits per heavy atom. The van der Waals surface area contributed by atoms with Crippen molar-refractivity contribution in [2.24, 2.45) is 4.99 Å². The zero-order valence-corrected chi connectivity index (χ0v) is 15.8. The molecule has 0 N–H and O–H groups in total. The van der Waals surface area contributed by atoms with Gasteiger partial charge in [0.15, 0.2) is 0 Å². The van der Waals surface area contributed by atoms with Gasteiger partial charge >= 0.3 is 0 Å². The number of nitrogens with zero attached hydrogens (tertiary/aromatic N) is 3. The summed E-state index contributed by atoms with van der Waals surface area (Å²) in [5.41, 5.74) is 4.92. The van der Waals surface area contributed by atoms with Crippen molar-refractivity contribution in [3.63, 3.8) is 0 Å². The zero-order valence-electron chi connectivity index (χ0n) is 15.8. The molecule has 1 atom stereocenters. The number of fused-ring (bicyclic) bond motifs is 1. The molecule has 4 heteroatoms. The van der Waals surface area contributed by atoms with Gasteiger partial charge in [-0.1, -0.05) is 13.0 Å². The average molecular weight is 337 g/mol. The van der Waals surface area contributed by atoms with Crippen molar-refractivity contribution in [1.29, 1.82) is 0 Å². The number of methoxy groups -OCH3 is 1. The molecule has 0 unspecified atom stereocenters. The number of anilines is 1. The first kappa shape index (κ1) is 17.5. The summed E-state index contributed by atoms with van der Waals surface area (Å²) in [6, 6.07) is 10.4. The Labute approximate surface area is 150 Å². The molecule has 1 aromatic heterocycles. The van der Waals surface area contributed by atoms with E-state index in [1.165, 1.54) is 11.3 Å². The molecule has 0 amide bonds. The maximum absolute atomic E-state index is 5.08. The quantitative estimate of drug-likeness (QED) is 0.741. The second-order valence-electron chi connectivity index (χ2n) is 7.30. The molecule has 0 radical (unpaired) electrons. The fraction of sp³-hybridized carbons (Fsp3) is 0.429. The van der Waals surface area contributed by atoms with Gasteiger partial charge in [0.1, 0.15) is 0 Å². The SMILES string of the molecule is CCN1c2ccc(C=Nc3ccc(OC)nc3)cc2[C@@H](C)CC1(C)C. The standard InChI is InChI=1S/C21H27N3O/c1-6-24-19-9-7-16(11-18(19)15(2)12-21(24,3)4)13-22-17-8-10-20(25-5)23-14-17/h7-11,13-15H,6,12H2,1-5H3/t15-/m0/s1. The third kappa shape index (κ3) is 3.53. The first-order valence-corrected chi connectivity index (χ1v) is 8.90. The Kier molecular flexibility index (Phi) is 4.80. The Morgan fingerprint density at radius 3 is 2.76 bits per heavy atom. The summed E-state index contributed by atoms with van der Waals surface area (Å²) in [7, 11) is 1.61. The molecule has 25 heavy (non-hydrogen) atoms. The van der Waals surface area contributed by atoms with E-state index >= 15 is 0 Å². The molecule has 4 nitrogen and oxygen atoms in total. The van der Waals surface area contributed by atoms with E-state index in [0.29, 0.717) is 11.8 Å². The molecular formula is C21H27N3O. The molecule has 132 valence electrons. The van der Waals surface area contributed by atoms with Crippen molar-refractivity contribution in [2.45, 2.75) is 45.6 Å². The van der Waals surface area contributed by atoms with E-state index in [1.54, 1.807) is 13.3 Å². The van der Waals surface area contributed by atoms with Crippen molar-refractivity contribution < 1.29 is 4.74 Å². The Balaban J connectivity index is 1.87. The lowest BCUT2D eigenvalue weighted by Crippen LogP contribution is -2.48. The summed E-state index contributed by atoms with van der Waals surface area (Å²) in [4.78, 5) is 11.2. The summed E-state index contributed by atoms with van der Waals surface area (Å²) >= 11 is 0. The lowest BCUT2D eigenvalue weighted by molar-refractivity contribution is 0.381. The molecular weight excluding hydrogens is 310 g/mol. The third-order valence-corrected chi connectivity index (χ3v) is 5.02. The van der Waals surface area contributed by atoms with E-state index in [-0.39, 0.29) is 5.54 Å². The molecule has 1 aromatic carbocycles. The summed E-state index contributed by atoms with van der Waals surface area (Å²) in [5.74, 6) is 1.15. The molecule has 0 aliphatic carbocycles. The normalized spacial score (nSPS) is 19.1. The van der Waals surface area contributed by atoms with Crippen LogP contribution in [-0.2, 0) is 0 Å². The fourth-order valence-corrected chi connectivity index (χ4v) is 3.91. The predicted molar refractivity (Wildman–Crippen MR) is 105 cm³/mol. The van der Waals surface area contributed by atoms with Gasteiger partial charge in [-0.25, -0.2) is 4.98 Å². The topological polar surface area (TPSA) is 37.7 Å². The van der Waals surface area contributed by atoms with Gasteiger partial charge in [-0.2, -0.15) is 0 Å². The van der Waals surface area contributed by atoms with E-state index in [4.69, 9.17) is 4.74 Å². The number of ether oxygens (including phenoxy) is 1. The Morgan fingerprint density at radius 1 is 1.32 bits per heavy atom. The third-order valence-electron chi connectivity index (χ3n) is 5.02. The van der Waals surface area contributed by atoms with Crippen LogP contribution >= 0.6 is 0 Å². The van der Waals surface area contributed by atoms with Crippen LogP contribution in [0.1, 0.15) is 51.2 Å². The lowest BCUT2D eigenvalue weighted by Gasteiger charge is -2.47. The van der Waals surface area contributed by atoms with Gasteiger partial charge in [-0.05, 0) is 62.4 Å². The van der Waals surface area contributed by atoms with E-state index < -0.39 is 0 Å². The molecule has 3 rings (SSSR count). The minimum atomic E-state index is 0.200. The van der Waals surface area contributed by atoms with Crippen molar-refractivity contribution in [1.82, 2.24) is 4.98 Å². The maximum Gasteiger partial charge on any atom is 0.213 e. The van der Waals surface area contributed by atoms with Crippen molar-refractivity contribution in [2.75, 3.05) is 18.6 Å². The highest BCUT2D eigenvalue weighted by atomic mass is 16.5.